The molecule has 0 amide bonds. The summed E-state index contributed by atoms with van der Waals surface area (Å²) in [5.41, 5.74) is 6.80. The summed E-state index contributed by atoms with van der Waals surface area (Å²) in [7, 11) is 0. The van der Waals surface area contributed by atoms with Crippen LogP contribution in [-0.4, -0.2) is 17.6 Å². The van der Waals surface area contributed by atoms with Crippen molar-refractivity contribution in [2.24, 2.45) is 0 Å². The first kappa shape index (κ1) is 28.9. The van der Waals surface area contributed by atoms with Crippen LogP contribution in [0.1, 0.15) is 17.3 Å². The van der Waals surface area contributed by atoms with Crippen LogP contribution in [0.3, 0.4) is 0 Å². The number of halogens is 4. The number of rotatable bonds is 2. The summed E-state index contributed by atoms with van der Waals surface area (Å²) in [5, 5.41) is 0.875. The first-order valence-electron chi connectivity index (χ1n) is 5.04. The zero-order chi connectivity index (χ0) is 11.5. The molecule has 1 aromatic heterocycles. The molecule has 0 unspecified atom stereocenters. The maximum Gasteiger partial charge on any atom is 4.00 e. The molecule has 0 aliphatic carbocycles. The van der Waals surface area contributed by atoms with E-state index in [2.05, 4.69) is 4.98 Å². The molecule has 1 heterocycles. The Bertz CT molecular complexity index is 558. The molecule has 9 heteroatoms. The summed E-state index contributed by atoms with van der Waals surface area (Å²) < 4.78 is 4.90. The van der Waals surface area contributed by atoms with Crippen LogP contribution < -0.4 is 55.4 Å². The van der Waals surface area contributed by atoms with Crippen molar-refractivity contribution in [3.05, 3.63) is 35.9 Å². The van der Waals surface area contributed by atoms with Gasteiger partial charge < -0.3 is 60.1 Å². The Morgan fingerprint density at radius 3 is 2.33 bits per heavy atom. The van der Waals surface area contributed by atoms with Gasteiger partial charge in [0.1, 0.15) is 11.4 Å². The molecule has 114 valence electrons. The second-order valence-corrected chi connectivity index (χ2v) is 3.33. The van der Waals surface area contributed by atoms with Crippen molar-refractivity contribution in [2.75, 3.05) is 12.3 Å². The van der Waals surface area contributed by atoms with E-state index in [0.29, 0.717) is 12.2 Å². The Kier molecular flexibility index (Phi) is 18.5. The maximum absolute atomic E-state index is 11.6. The number of esters is 1. The molecule has 0 bridgehead atoms. The smallest absolute Gasteiger partial charge is 1.00 e. The number of aromatic nitrogens is 1. The van der Waals surface area contributed by atoms with Gasteiger partial charge in [-0.3, -0.25) is 0 Å². The predicted molar refractivity (Wildman–Crippen MR) is 62.1 cm³/mol. The number of ether oxygens (including phenoxy) is 1. The third-order valence-corrected chi connectivity index (χ3v) is 2.25. The minimum Gasteiger partial charge on any atom is -1.00 e. The van der Waals surface area contributed by atoms with Crippen LogP contribution in [0.4, 0.5) is 5.82 Å². The van der Waals surface area contributed by atoms with Crippen LogP contribution in [0.25, 0.3) is 10.9 Å². The molecule has 0 aliphatic rings. The van der Waals surface area contributed by atoms with E-state index in [1.807, 2.05) is 24.3 Å². The van der Waals surface area contributed by atoms with Crippen LogP contribution in [0.5, 0.6) is 0 Å². The number of para-hydroxylation sites is 1. The Balaban J connectivity index is -0.000000289. The molecule has 0 spiro atoms. The molecule has 0 saturated carbocycles. The summed E-state index contributed by atoms with van der Waals surface area (Å²) in [5.74, 6) is -0.226. The molecule has 1 aromatic carbocycles. The quantitative estimate of drug-likeness (QED) is 0.398. The fraction of sp³-hybridized carbons (Fsp3) is 0.167. The van der Waals surface area contributed by atoms with Crippen molar-refractivity contribution in [1.29, 1.82) is 0 Å². The molecule has 4 nitrogen and oxygen atoms in total. The van der Waals surface area contributed by atoms with Crippen LogP contribution >= 0.6 is 0 Å². The SMILES string of the molecule is CCOC(=O)c1cc2ccccc2nc1N.[Cl-].[Cl-].[Cl-].[Cl-].[Ti+4]. The Morgan fingerprint density at radius 2 is 1.76 bits per heavy atom. The first-order valence-corrected chi connectivity index (χ1v) is 5.04. The number of hydrogen-bond acceptors (Lipinski definition) is 4. The van der Waals surface area contributed by atoms with Crippen LogP contribution in [0.15, 0.2) is 30.3 Å². The average Bonchev–Trinajstić information content (AvgIpc) is 2.28. The third kappa shape index (κ3) is 7.05. The predicted octanol–water partition coefficient (Wildman–Crippen LogP) is -9.99. The number of carbonyl (C=O) groups is 1. The number of benzene rings is 1. The van der Waals surface area contributed by atoms with Gasteiger partial charge in [0.25, 0.3) is 0 Å². The van der Waals surface area contributed by atoms with Gasteiger partial charge in [-0.1, -0.05) is 18.2 Å². The summed E-state index contributed by atoms with van der Waals surface area (Å²) >= 11 is 0. The largest absolute Gasteiger partial charge is 4.00 e. The van der Waals surface area contributed by atoms with E-state index >= 15 is 0 Å². The van der Waals surface area contributed by atoms with Gasteiger partial charge in [0.05, 0.1) is 12.1 Å². The van der Waals surface area contributed by atoms with Crippen molar-refractivity contribution < 1.29 is 80.9 Å². The number of carbonyl (C=O) groups excluding carboxylic acids is 1. The Labute approximate surface area is 163 Å². The van der Waals surface area contributed by atoms with Crippen molar-refractivity contribution >= 4 is 22.7 Å². The van der Waals surface area contributed by atoms with Gasteiger partial charge in [0, 0.05) is 5.39 Å². The van der Waals surface area contributed by atoms with Crippen molar-refractivity contribution in [2.45, 2.75) is 6.92 Å². The number of hydrogen-bond donors (Lipinski definition) is 1. The normalized spacial score (nSPS) is 7.86. The molecular weight excluding hydrogens is 394 g/mol. The van der Waals surface area contributed by atoms with Gasteiger partial charge in [-0.05, 0) is 19.1 Å². The van der Waals surface area contributed by atoms with E-state index in [1.54, 1.807) is 13.0 Å². The van der Waals surface area contributed by atoms with Gasteiger partial charge in [-0.25, -0.2) is 9.78 Å². The molecule has 0 radical (unpaired) electrons. The summed E-state index contributed by atoms with van der Waals surface area (Å²) in [6.07, 6.45) is 0. The van der Waals surface area contributed by atoms with E-state index in [0.717, 1.165) is 10.9 Å². The molecule has 0 aliphatic heterocycles. The van der Waals surface area contributed by atoms with E-state index in [1.165, 1.54) is 0 Å². The minimum absolute atomic E-state index is 0. The zero-order valence-corrected chi connectivity index (χ0v) is 15.5. The van der Waals surface area contributed by atoms with Gasteiger partial charge >= 0.3 is 27.7 Å². The van der Waals surface area contributed by atoms with Gasteiger partial charge in [-0.2, -0.15) is 0 Å². The number of anilines is 1. The monoisotopic (exact) mass is 404 g/mol. The fourth-order valence-corrected chi connectivity index (χ4v) is 1.50. The number of nitrogens with two attached hydrogens (primary N) is 1. The zero-order valence-electron chi connectivity index (χ0n) is 10.9. The molecule has 2 aromatic rings. The maximum atomic E-state index is 11.6. The molecule has 0 fully saturated rings. The fourth-order valence-electron chi connectivity index (χ4n) is 1.50. The van der Waals surface area contributed by atoms with E-state index in [-0.39, 0.29) is 77.2 Å². The molecule has 0 saturated heterocycles. The first-order chi connectivity index (χ1) is 7.72. The summed E-state index contributed by atoms with van der Waals surface area (Å²) in [6.45, 7) is 2.08. The van der Waals surface area contributed by atoms with E-state index < -0.39 is 5.97 Å². The summed E-state index contributed by atoms with van der Waals surface area (Å²) in [6, 6.07) is 9.19. The minimum atomic E-state index is -0.432. The summed E-state index contributed by atoms with van der Waals surface area (Å²) in [4.78, 5) is 15.7. The van der Waals surface area contributed by atoms with Crippen LogP contribution in [0.2, 0.25) is 0 Å². The average molecular weight is 406 g/mol. The number of pyridine rings is 1. The molecule has 21 heavy (non-hydrogen) atoms. The topological polar surface area (TPSA) is 65.2 Å². The van der Waals surface area contributed by atoms with Crippen molar-refractivity contribution in [1.82, 2.24) is 4.98 Å². The molecular formula is C12H12Cl4N2O2Ti. The number of nitrogen functional groups attached to an aromatic ring is 1. The van der Waals surface area contributed by atoms with Crippen molar-refractivity contribution in [3.8, 4) is 0 Å². The Morgan fingerprint density at radius 1 is 1.19 bits per heavy atom. The Hall–Kier alpha value is -0.226. The number of nitrogens with zero attached hydrogens (tertiary/aromatic N) is 1. The van der Waals surface area contributed by atoms with Gasteiger partial charge in [-0.15, -0.1) is 0 Å². The van der Waals surface area contributed by atoms with Gasteiger partial charge in [0.2, 0.25) is 0 Å². The number of fused-ring (bicyclic) bond motifs is 1. The molecule has 2 N–H and O–H groups in total. The molecule has 2 rings (SSSR count). The van der Waals surface area contributed by atoms with Crippen LogP contribution in [-0.2, 0) is 26.5 Å². The van der Waals surface area contributed by atoms with Crippen molar-refractivity contribution in [3.63, 3.8) is 0 Å². The second kappa shape index (κ2) is 13.4. The second-order valence-electron chi connectivity index (χ2n) is 3.33. The third-order valence-electron chi connectivity index (χ3n) is 2.25. The van der Waals surface area contributed by atoms with E-state index in [9.17, 15) is 4.79 Å². The molecule has 0 atom stereocenters. The van der Waals surface area contributed by atoms with E-state index in [4.69, 9.17) is 10.5 Å². The van der Waals surface area contributed by atoms with Gasteiger partial charge in [0.15, 0.2) is 0 Å². The standard InChI is InChI=1S/C12H12N2O2.4ClH.Ti/c1-2-16-12(15)9-7-8-5-3-4-6-10(8)14-11(9)13;;;;;/h3-7H,2H2,1H3,(H2,13,14);4*1H;/q;;;;;+4/p-4. The van der Waals surface area contributed by atoms with Crippen LogP contribution in [0, 0.1) is 0 Å².